The highest BCUT2D eigenvalue weighted by molar-refractivity contribution is 7.89. The maximum atomic E-state index is 12.2. The van der Waals surface area contributed by atoms with Crippen LogP contribution in [0.1, 0.15) is 43.7 Å². The molecule has 1 saturated carbocycles. The van der Waals surface area contributed by atoms with Gasteiger partial charge in [-0.2, -0.15) is 18.3 Å². The first-order chi connectivity index (χ1) is 11.2. The fourth-order valence-electron chi connectivity index (χ4n) is 2.88. The fraction of sp³-hybridized carbons (Fsp3) is 0.786. The van der Waals surface area contributed by atoms with Gasteiger partial charge in [0.15, 0.2) is 5.82 Å². The van der Waals surface area contributed by atoms with Gasteiger partial charge in [-0.15, -0.1) is 0 Å². The number of rotatable bonds is 6. The van der Waals surface area contributed by atoms with Gasteiger partial charge in [0.25, 0.3) is 0 Å². The lowest BCUT2D eigenvalue weighted by atomic mass is 10.1. The highest BCUT2D eigenvalue weighted by Gasteiger charge is 2.32. The average molecular weight is 366 g/mol. The number of alkyl halides is 3. The van der Waals surface area contributed by atoms with Crippen molar-refractivity contribution in [2.75, 3.05) is 23.7 Å². The second kappa shape index (κ2) is 6.55. The monoisotopic (exact) mass is 366 g/mol. The summed E-state index contributed by atoms with van der Waals surface area (Å²) in [4.78, 5) is 2.07. The van der Waals surface area contributed by atoms with Crippen LogP contribution >= 0.6 is 0 Å². The minimum absolute atomic E-state index is 0.318. The Morgan fingerprint density at radius 3 is 2.50 bits per heavy atom. The molecule has 3 rings (SSSR count). The minimum atomic E-state index is -4.46. The molecule has 6 nitrogen and oxygen atoms in total. The summed E-state index contributed by atoms with van der Waals surface area (Å²) < 4.78 is 62.3. The molecule has 0 radical (unpaired) electrons. The second-order valence-corrected chi connectivity index (χ2v) is 8.39. The molecular formula is C14H21F3N4O2S. The molecule has 0 unspecified atom stereocenters. The van der Waals surface area contributed by atoms with Gasteiger partial charge in [-0.3, -0.25) is 5.10 Å². The maximum absolute atomic E-state index is 12.2. The van der Waals surface area contributed by atoms with Gasteiger partial charge >= 0.3 is 6.18 Å². The van der Waals surface area contributed by atoms with Gasteiger partial charge in [0.1, 0.15) is 0 Å². The third-order valence-electron chi connectivity index (χ3n) is 4.42. The number of halogens is 3. The minimum Gasteiger partial charge on any atom is -0.355 e. The molecule has 136 valence electrons. The molecule has 1 aliphatic carbocycles. The molecular weight excluding hydrogens is 345 g/mol. The molecule has 1 aromatic heterocycles. The van der Waals surface area contributed by atoms with E-state index in [1.807, 2.05) is 6.07 Å². The Morgan fingerprint density at radius 1 is 1.25 bits per heavy atom. The Bertz CT molecular complexity index is 662. The van der Waals surface area contributed by atoms with Crippen molar-refractivity contribution in [3.63, 3.8) is 0 Å². The van der Waals surface area contributed by atoms with Crippen molar-refractivity contribution in [3.05, 3.63) is 11.8 Å². The van der Waals surface area contributed by atoms with Crippen LogP contribution in [0.4, 0.5) is 19.0 Å². The highest BCUT2D eigenvalue weighted by atomic mass is 32.2. The molecule has 1 saturated heterocycles. The van der Waals surface area contributed by atoms with E-state index in [0.29, 0.717) is 31.8 Å². The molecule has 0 bridgehead atoms. The Labute approximate surface area is 138 Å². The largest absolute Gasteiger partial charge is 0.390 e. The van der Waals surface area contributed by atoms with Crippen LogP contribution in [0.5, 0.6) is 0 Å². The molecule has 2 aliphatic rings. The van der Waals surface area contributed by atoms with Crippen molar-refractivity contribution >= 4 is 15.8 Å². The lowest BCUT2D eigenvalue weighted by Gasteiger charge is -2.32. The molecule has 1 aliphatic heterocycles. The van der Waals surface area contributed by atoms with Crippen molar-refractivity contribution < 1.29 is 21.6 Å². The molecule has 0 atom stereocenters. The second-order valence-electron chi connectivity index (χ2n) is 6.52. The van der Waals surface area contributed by atoms with Crippen LogP contribution in [0.2, 0.25) is 0 Å². The van der Waals surface area contributed by atoms with Crippen LogP contribution in [0, 0.1) is 0 Å². The standard InChI is InChI=1S/C14H21F3N4O2S/c15-14(16,17)5-8-24(22,23)20-11-3-6-21(7-4-11)13-9-12(18-19-13)10-1-2-10/h9-11,20H,1-8H2,(H,18,19). The summed E-state index contributed by atoms with van der Waals surface area (Å²) in [5.41, 5.74) is 1.14. The zero-order chi connectivity index (χ0) is 17.4. The summed E-state index contributed by atoms with van der Waals surface area (Å²) in [7, 11) is -3.91. The first-order valence-electron chi connectivity index (χ1n) is 8.09. The molecule has 0 aromatic carbocycles. The van der Waals surface area contributed by atoms with Gasteiger partial charge in [0.05, 0.1) is 12.2 Å². The Balaban J connectivity index is 1.47. The number of aromatic amines is 1. The van der Waals surface area contributed by atoms with E-state index in [-0.39, 0.29) is 6.04 Å². The van der Waals surface area contributed by atoms with Crippen molar-refractivity contribution in [2.45, 2.75) is 50.2 Å². The fourth-order valence-corrected chi connectivity index (χ4v) is 4.24. The lowest BCUT2D eigenvalue weighted by molar-refractivity contribution is -0.130. The zero-order valence-corrected chi connectivity index (χ0v) is 14.0. The van der Waals surface area contributed by atoms with Gasteiger partial charge in [-0.1, -0.05) is 0 Å². The number of nitrogens with one attached hydrogen (secondary N) is 2. The van der Waals surface area contributed by atoms with Gasteiger partial charge < -0.3 is 4.90 Å². The van der Waals surface area contributed by atoms with Crippen LogP contribution in [0.15, 0.2) is 6.07 Å². The van der Waals surface area contributed by atoms with Crippen molar-refractivity contribution in [1.29, 1.82) is 0 Å². The van der Waals surface area contributed by atoms with E-state index in [2.05, 4.69) is 19.8 Å². The summed E-state index contributed by atoms with van der Waals surface area (Å²) >= 11 is 0. The Hall–Kier alpha value is -1.29. The molecule has 0 amide bonds. The number of anilines is 1. The SMILES string of the molecule is O=S(=O)(CCC(F)(F)F)NC1CCN(c2cc(C3CC3)[nH]n2)CC1. The normalized spacial score (nSPS) is 20.5. The van der Waals surface area contributed by atoms with Gasteiger partial charge in [-0.05, 0) is 25.7 Å². The van der Waals surface area contributed by atoms with Crippen molar-refractivity contribution in [3.8, 4) is 0 Å². The van der Waals surface area contributed by atoms with Gasteiger partial charge in [0, 0.05) is 36.8 Å². The summed E-state index contributed by atoms with van der Waals surface area (Å²) in [6.45, 7) is 1.25. The van der Waals surface area contributed by atoms with Gasteiger partial charge in [0.2, 0.25) is 10.0 Å². The summed E-state index contributed by atoms with van der Waals surface area (Å²) in [6.07, 6.45) is -2.31. The van der Waals surface area contributed by atoms with Crippen LogP contribution in [-0.2, 0) is 10.0 Å². The Kier molecular flexibility index (Phi) is 4.78. The first kappa shape index (κ1) is 17.5. The predicted molar refractivity (Wildman–Crippen MR) is 83.4 cm³/mol. The Morgan fingerprint density at radius 2 is 1.92 bits per heavy atom. The molecule has 0 spiro atoms. The number of sulfonamides is 1. The van der Waals surface area contributed by atoms with E-state index in [0.717, 1.165) is 11.5 Å². The molecule has 2 fully saturated rings. The van der Waals surface area contributed by atoms with Gasteiger partial charge in [-0.25, -0.2) is 13.1 Å². The third-order valence-corrected chi connectivity index (χ3v) is 5.85. The topological polar surface area (TPSA) is 78.1 Å². The smallest absolute Gasteiger partial charge is 0.355 e. The van der Waals surface area contributed by atoms with E-state index < -0.39 is 28.4 Å². The average Bonchev–Trinajstić information content (AvgIpc) is 3.23. The predicted octanol–water partition coefficient (Wildman–Crippen LogP) is 2.13. The third kappa shape index (κ3) is 4.85. The lowest BCUT2D eigenvalue weighted by Crippen LogP contribution is -2.45. The van der Waals surface area contributed by atoms with Crippen molar-refractivity contribution in [1.82, 2.24) is 14.9 Å². The summed E-state index contributed by atoms with van der Waals surface area (Å²) in [6, 6.07) is 1.72. The molecule has 2 N–H and O–H groups in total. The summed E-state index contributed by atoms with van der Waals surface area (Å²) in [5, 5.41) is 7.33. The van der Waals surface area contributed by atoms with Crippen LogP contribution < -0.4 is 9.62 Å². The van der Waals surface area contributed by atoms with Crippen LogP contribution in [-0.4, -0.2) is 49.7 Å². The molecule has 1 aromatic rings. The summed E-state index contributed by atoms with van der Waals surface area (Å²) in [5.74, 6) is 0.528. The van der Waals surface area contributed by atoms with Crippen LogP contribution in [0.3, 0.4) is 0 Å². The number of nitrogens with zero attached hydrogens (tertiary/aromatic N) is 2. The number of hydrogen-bond donors (Lipinski definition) is 2. The quantitative estimate of drug-likeness (QED) is 0.809. The number of H-pyrrole nitrogens is 1. The number of hydrogen-bond acceptors (Lipinski definition) is 4. The van der Waals surface area contributed by atoms with E-state index in [1.165, 1.54) is 12.8 Å². The van der Waals surface area contributed by atoms with Crippen molar-refractivity contribution in [2.24, 2.45) is 0 Å². The highest BCUT2D eigenvalue weighted by Crippen LogP contribution is 2.40. The molecule has 10 heteroatoms. The zero-order valence-electron chi connectivity index (χ0n) is 13.1. The number of aromatic nitrogens is 2. The molecule has 2 heterocycles. The van der Waals surface area contributed by atoms with Crippen LogP contribution in [0.25, 0.3) is 0 Å². The van der Waals surface area contributed by atoms with E-state index in [4.69, 9.17) is 0 Å². The van der Waals surface area contributed by atoms with E-state index in [1.54, 1.807) is 0 Å². The van der Waals surface area contributed by atoms with E-state index >= 15 is 0 Å². The molecule has 24 heavy (non-hydrogen) atoms. The first-order valence-corrected chi connectivity index (χ1v) is 9.74. The number of piperidine rings is 1. The van der Waals surface area contributed by atoms with E-state index in [9.17, 15) is 21.6 Å². The maximum Gasteiger partial charge on any atom is 0.390 e.